The fourth-order valence-corrected chi connectivity index (χ4v) is 4.12. The lowest BCUT2D eigenvalue weighted by atomic mass is 10.3. The predicted octanol–water partition coefficient (Wildman–Crippen LogP) is 2.08. The summed E-state index contributed by atoms with van der Waals surface area (Å²) < 4.78 is 30.9. The summed E-state index contributed by atoms with van der Waals surface area (Å²) in [5, 5.41) is 5.15. The molecule has 7 nitrogen and oxygen atoms in total. The summed E-state index contributed by atoms with van der Waals surface area (Å²) in [6, 6.07) is 7.47. The Morgan fingerprint density at radius 3 is 2.76 bits per heavy atom. The van der Waals surface area contributed by atoms with Crippen LogP contribution in [0.2, 0.25) is 0 Å². The molecule has 0 atom stereocenters. The van der Waals surface area contributed by atoms with Crippen molar-refractivity contribution in [2.75, 3.05) is 0 Å². The van der Waals surface area contributed by atoms with Crippen LogP contribution >= 0.6 is 27.3 Å². The van der Waals surface area contributed by atoms with Gasteiger partial charge in [0.1, 0.15) is 0 Å². The maximum absolute atomic E-state index is 12.2. The zero-order valence-corrected chi connectivity index (χ0v) is 15.7. The van der Waals surface area contributed by atoms with Gasteiger partial charge in [-0.05, 0) is 46.3 Å². The van der Waals surface area contributed by atoms with E-state index in [-0.39, 0.29) is 17.2 Å². The third kappa shape index (κ3) is 3.59. The zero-order valence-electron chi connectivity index (χ0n) is 12.5. The Balaban J connectivity index is 2.20. The minimum absolute atomic E-state index is 0.0260. The van der Waals surface area contributed by atoms with Crippen molar-refractivity contribution in [3.05, 3.63) is 45.6 Å². The van der Waals surface area contributed by atoms with Crippen molar-refractivity contribution in [1.29, 1.82) is 0 Å². The number of halogens is 1. The van der Waals surface area contributed by atoms with Crippen LogP contribution < -0.4 is 9.94 Å². The number of primary sulfonamides is 1. The first-order chi connectivity index (χ1) is 11.8. The number of carbonyl (C=O) groups excluding carboxylic acids is 1. The van der Waals surface area contributed by atoms with Gasteiger partial charge in [-0.2, -0.15) is 4.99 Å². The molecule has 0 bridgehead atoms. The van der Waals surface area contributed by atoms with Gasteiger partial charge >= 0.3 is 5.91 Å². The molecule has 0 aliphatic heterocycles. The van der Waals surface area contributed by atoms with Gasteiger partial charge in [-0.3, -0.25) is 4.79 Å². The van der Waals surface area contributed by atoms with Crippen LogP contribution in [0.1, 0.15) is 10.6 Å². The summed E-state index contributed by atoms with van der Waals surface area (Å²) in [5.74, 6) is 1.99. The van der Waals surface area contributed by atoms with E-state index in [1.807, 2.05) is 0 Å². The largest absolute Gasteiger partial charge is 0.444 e. The molecule has 2 heterocycles. The highest BCUT2D eigenvalue weighted by Gasteiger charge is 2.14. The summed E-state index contributed by atoms with van der Waals surface area (Å²) in [7, 11) is -3.83. The number of terminal acetylenes is 1. The first-order valence-corrected chi connectivity index (χ1v) is 9.89. The average molecular weight is 440 g/mol. The quantitative estimate of drug-likeness (QED) is 0.630. The van der Waals surface area contributed by atoms with E-state index in [1.54, 1.807) is 16.7 Å². The lowest BCUT2D eigenvalue weighted by Gasteiger charge is -2.01. The van der Waals surface area contributed by atoms with Gasteiger partial charge in [-0.15, -0.1) is 6.42 Å². The molecule has 128 valence electrons. The van der Waals surface area contributed by atoms with Crippen LogP contribution in [0.4, 0.5) is 0 Å². The van der Waals surface area contributed by atoms with Crippen LogP contribution in [-0.4, -0.2) is 18.9 Å². The second kappa shape index (κ2) is 6.61. The van der Waals surface area contributed by atoms with E-state index in [4.69, 9.17) is 16.0 Å². The Morgan fingerprint density at radius 1 is 1.40 bits per heavy atom. The fourth-order valence-electron chi connectivity index (χ4n) is 2.13. The SMILES string of the molecule is C#CCn1c(=NC(=O)c2ccc(Br)o2)sc2cc(S(N)(=O)=O)ccc21. The van der Waals surface area contributed by atoms with E-state index < -0.39 is 15.9 Å². The van der Waals surface area contributed by atoms with Crippen molar-refractivity contribution in [1.82, 2.24) is 4.57 Å². The Bertz CT molecular complexity index is 1200. The number of hydrogen-bond acceptors (Lipinski definition) is 5. The Hall–Kier alpha value is -2.19. The normalized spacial score (nSPS) is 12.4. The molecule has 1 aromatic carbocycles. The molecule has 0 aliphatic rings. The summed E-state index contributed by atoms with van der Waals surface area (Å²) in [5.41, 5.74) is 0.655. The van der Waals surface area contributed by atoms with Gasteiger partial charge in [0.05, 0.1) is 21.7 Å². The monoisotopic (exact) mass is 439 g/mol. The second-order valence-corrected chi connectivity index (χ2v) is 8.22. The van der Waals surface area contributed by atoms with Gasteiger partial charge in [0.15, 0.2) is 15.2 Å². The predicted molar refractivity (Wildman–Crippen MR) is 96.3 cm³/mol. The molecule has 3 aromatic rings. The number of sulfonamides is 1. The van der Waals surface area contributed by atoms with E-state index >= 15 is 0 Å². The number of furan rings is 1. The fraction of sp³-hybridized carbons (Fsp3) is 0.0667. The van der Waals surface area contributed by atoms with Gasteiger partial charge in [0.25, 0.3) is 0 Å². The maximum Gasteiger partial charge on any atom is 0.315 e. The van der Waals surface area contributed by atoms with Crippen molar-refractivity contribution in [2.24, 2.45) is 10.1 Å². The van der Waals surface area contributed by atoms with E-state index in [2.05, 4.69) is 26.8 Å². The highest BCUT2D eigenvalue weighted by Crippen LogP contribution is 2.21. The van der Waals surface area contributed by atoms with Gasteiger partial charge in [0.2, 0.25) is 10.0 Å². The van der Waals surface area contributed by atoms with E-state index in [1.165, 1.54) is 18.2 Å². The molecule has 3 rings (SSSR count). The molecule has 0 unspecified atom stereocenters. The molecule has 0 radical (unpaired) electrons. The molecular formula is C15H10BrN3O4S2. The number of rotatable bonds is 3. The highest BCUT2D eigenvalue weighted by molar-refractivity contribution is 9.10. The zero-order chi connectivity index (χ0) is 18.2. The van der Waals surface area contributed by atoms with Crippen molar-refractivity contribution >= 4 is 53.4 Å². The summed E-state index contributed by atoms with van der Waals surface area (Å²) in [6.07, 6.45) is 5.39. The lowest BCUT2D eigenvalue weighted by Crippen LogP contribution is -2.16. The minimum atomic E-state index is -3.83. The number of nitrogens with zero attached hydrogens (tertiary/aromatic N) is 2. The summed E-state index contributed by atoms with van der Waals surface area (Å²) >= 11 is 4.25. The van der Waals surface area contributed by atoms with Crippen LogP contribution in [-0.2, 0) is 16.6 Å². The topological polar surface area (TPSA) is 108 Å². The highest BCUT2D eigenvalue weighted by atomic mass is 79.9. The molecule has 1 amide bonds. The number of benzene rings is 1. The molecule has 2 N–H and O–H groups in total. The van der Waals surface area contributed by atoms with E-state index in [9.17, 15) is 13.2 Å². The Morgan fingerprint density at radius 2 is 2.16 bits per heavy atom. The maximum atomic E-state index is 12.2. The van der Waals surface area contributed by atoms with Crippen LogP contribution in [0.15, 0.2) is 49.3 Å². The third-order valence-corrected chi connectivity index (χ3v) is 5.59. The van der Waals surface area contributed by atoms with Crippen molar-refractivity contribution < 1.29 is 17.6 Å². The smallest absolute Gasteiger partial charge is 0.315 e. The number of amides is 1. The molecule has 0 aliphatic carbocycles. The van der Waals surface area contributed by atoms with Crippen LogP contribution in [0.3, 0.4) is 0 Å². The minimum Gasteiger partial charge on any atom is -0.444 e. The molecule has 2 aromatic heterocycles. The third-order valence-electron chi connectivity index (χ3n) is 3.21. The van der Waals surface area contributed by atoms with Crippen LogP contribution in [0.25, 0.3) is 10.2 Å². The van der Waals surface area contributed by atoms with Gasteiger partial charge in [0, 0.05) is 0 Å². The Kier molecular flexibility index (Phi) is 4.66. The molecule has 25 heavy (non-hydrogen) atoms. The number of carbonyl (C=O) groups is 1. The van der Waals surface area contributed by atoms with E-state index in [0.717, 1.165) is 11.3 Å². The van der Waals surface area contributed by atoms with Crippen LogP contribution in [0.5, 0.6) is 0 Å². The number of nitrogens with two attached hydrogens (primary N) is 1. The average Bonchev–Trinajstić information content (AvgIpc) is 3.11. The number of thiazole rings is 1. The van der Waals surface area contributed by atoms with E-state index in [0.29, 0.717) is 19.7 Å². The van der Waals surface area contributed by atoms with Gasteiger partial charge in [-0.1, -0.05) is 17.3 Å². The van der Waals surface area contributed by atoms with Gasteiger partial charge in [-0.25, -0.2) is 13.6 Å². The molecule has 0 spiro atoms. The standard InChI is InChI=1S/C15H10BrN3O4S2/c1-2-7-19-10-4-3-9(25(17,21)22)8-12(10)24-15(19)18-14(20)11-5-6-13(16)23-11/h1,3-6,8H,7H2,(H2,17,21,22). The Labute approximate surface area is 155 Å². The first-order valence-electron chi connectivity index (χ1n) is 6.73. The van der Waals surface area contributed by atoms with Crippen molar-refractivity contribution in [3.8, 4) is 12.3 Å². The number of hydrogen-bond donors (Lipinski definition) is 1. The summed E-state index contributed by atoms with van der Waals surface area (Å²) in [6.45, 7) is 0.169. The summed E-state index contributed by atoms with van der Waals surface area (Å²) in [4.78, 5) is 16.6. The molecule has 0 saturated carbocycles. The molecule has 0 saturated heterocycles. The molecular weight excluding hydrogens is 430 g/mol. The van der Waals surface area contributed by atoms with Crippen LogP contribution in [0, 0.1) is 12.3 Å². The second-order valence-electron chi connectivity index (χ2n) is 4.87. The van der Waals surface area contributed by atoms with Gasteiger partial charge < -0.3 is 8.98 Å². The van der Waals surface area contributed by atoms with Crippen molar-refractivity contribution in [3.63, 3.8) is 0 Å². The molecule has 0 fully saturated rings. The first kappa shape index (κ1) is 17.6. The lowest BCUT2D eigenvalue weighted by molar-refractivity contribution is 0.0970. The molecule has 10 heteroatoms. The number of fused-ring (bicyclic) bond motifs is 1. The number of aromatic nitrogens is 1. The van der Waals surface area contributed by atoms with Crippen molar-refractivity contribution in [2.45, 2.75) is 11.4 Å².